The summed E-state index contributed by atoms with van der Waals surface area (Å²) < 4.78 is 29.7. The van der Waals surface area contributed by atoms with E-state index in [0.29, 0.717) is 13.2 Å². The molecule has 0 aromatic heterocycles. The molecule has 4 nitrogen and oxygen atoms in total. The Morgan fingerprint density at radius 2 is 1.58 bits per heavy atom. The summed E-state index contributed by atoms with van der Waals surface area (Å²) in [5, 5.41) is 0. The first kappa shape index (κ1) is 22.4. The van der Waals surface area contributed by atoms with Crippen molar-refractivity contribution in [3.63, 3.8) is 0 Å². The Morgan fingerprint density at radius 3 is 2.23 bits per heavy atom. The minimum Gasteiger partial charge on any atom is -0.491 e. The Labute approximate surface area is 157 Å². The lowest BCUT2D eigenvalue weighted by atomic mass is 10.2. The van der Waals surface area contributed by atoms with Gasteiger partial charge >= 0.3 is 5.97 Å². The van der Waals surface area contributed by atoms with Crippen LogP contribution in [0.15, 0.2) is 18.2 Å². The van der Waals surface area contributed by atoms with Crippen LogP contribution in [-0.2, 0) is 9.47 Å². The van der Waals surface area contributed by atoms with Crippen LogP contribution in [0.3, 0.4) is 0 Å². The minimum atomic E-state index is -0.521. The average molecular weight is 368 g/mol. The van der Waals surface area contributed by atoms with E-state index < -0.39 is 11.8 Å². The molecule has 1 aromatic carbocycles. The maximum absolute atomic E-state index is 14.1. The summed E-state index contributed by atoms with van der Waals surface area (Å²) in [6, 6.07) is 4.24. The standard InChI is InChI=1S/C21H33FO4/c1-3-4-5-6-10-15-25-20-13-12-18(17-19(20)22)21(23)26-16-11-8-7-9-14-24-2/h12-13,17H,3-11,14-16H2,1-2H3. The summed E-state index contributed by atoms with van der Waals surface area (Å²) in [4.78, 5) is 12.0. The Hall–Kier alpha value is -1.62. The molecule has 0 amide bonds. The molecule has 5 heteroatoms. The molecule has 0 N–H and O–H groups in total. The van der Waals surface area contributed by atoms with Crippen LogP contribution >= 0.6 is 0 Å². The van der Waals surface area contributed by atoms with Gasteiger partial charge in [0.05, 0.1) is 18.8 Å². The Balaban J connectivity index is 2.26. The van der Waals surface area contributed by atoms with Crippen molar-refractivity contribution in [2.45, 2.75) is 64.7 Å². The molecule has 0 bridgehead atoms. The van der Waals surface area contributed by atoms with E-state index in [1.165, 1.54) is 31.4 Å². The Morgan fingerprint density at radius 1 is 0.923 bits per heavy atom. The van der Waals surface area contributed by atoms with Gasteiger partial charge in [-0.2, -0.15) is 0 Å². The third kappa shape index (κ3) is 9.76. The fourth-order valence-corrected chi connectivity index (χ4v) is 2.58. The van der Waals surface area contributed by atoms with Gasteiger partial charge in [-0.25, -0.2) is 9.18 Å². The van der Waals surface area contributed by atoms with E-state index in [9.17, 15) is 9.18 Å². The molecule has 0 aliphatic rings. The highest BCUT2D eigenvalue weighted by Gasteiger charge is 2.11. The molecule has 148 valence electrons. The lowest BCUT2D eigenvalue weighted by molar-refractivity contribution is 0.0496. The lowest BCUT2D eigenvalue weighted by Gasteiger charge is -2.09. The summed E-state index contributed by atoms with van der Waals surface area (Å²) in [5.74, 6) is -0.824. The summed E-state index contributed by atoms with van der Waals surface area (Å²) in [6.45, 7) is 3.77. The predicted octanol–water partition coefficient (Wildman–Crippen LogP) is 5.54. The van der Waals surface area contributed by atoms with Crippen molar-refractivity contribution in [2.75, 3.05) is 26.9 Å². The van der Waals surface area contributed by atoms with E-state index in [-0.39, 0.29) is 11.3 Å². The fourth-order valence-electron chi connectivity index (χ4n) is 2.58. The number of carbonyl (C=O) groups excluding carboxylic acids is 1. The van der Waals surface area contributed by atoms with Crippen LogP contribution in [0.5, 0.6) is 5.75 Å². The maximum Gasteiger partial charge on any atom is 0.338 e. The average Bonchev–Trinajstić information content (AvgIpc) is 2.64. The second-order valence-corrected chi connectivity index (χ2v) is 6.45. The molecular formula is C21H33FO4. The number of esters is 1. The van der Waals surface area contributed by atoms with Gasteiger partial charge in [-0.3, -0.25) is 0 Å². The fraction of sp³-hybridized carbons (Fsp3) is 0.667. The van der Waals surface area contributed by atoms with Crippen molar-refractivity contribution in [1.29, 1.82) is 0 Å². The van der Waals surface area contributed by atoms with Crippen molar-refractivity contribution in [2.24, 2.45) is 0 Å². The van der Waals surface area contributed by atoms with E-state index in [4.69, 9.17) is 14.2 Å². The SMILES string of the molecule is CCCCCCCOc1ccc(C(=O)OCCCCCCOC)cc1F. The largest absolute Gasteiger partial charge is 0.491 e. The number of hydrogen-bond acceptors (Lipinski definition) is 4. The summed E-state index contributed by atoms with van der Waals surface area (Å²) in [7, 11) is 1.69. The van der Waals surface area contributed by atoms with Crippen LogP contribution in [0.25, 0.3) is 0 Å². The Bertz CT molecular complexity index is 505. The minimum absolute atomic E-state index is 0.190. The molecule has 0 heterocycles. The third-order valence-electron chi connectivity index (χ3n) is 4.15. The third-order valence-corrected chi connectivity index (χ3v) is 4.15. The first-order chi connectivity index (χ1) is 12.7. The van der Waals surface area contributed by atoms with Crippen molar-refractivity contribution in [3.8, 4) is 5.75 Å². The molecule has 0 radical (unpaired) electrons. The number of halogens is 1. The summed E-state index contributed by atoms with van der Waals surface area (Å²) in [5.41, 5.74) is 0.220. The van der Waals surface area contributed by atoms with E-state index in [0.717, 1.165) is 45.1 Å². The van der Waals surface area contributed by atoms with Gasteiger partial charge in [-0.15, -0.1) is 0 Å². The molecule has 0 fully saturated rings. The van der Waals surface area contributed by atoms with E-state index >= 15 is 0 Å². The number of carbonyl (C=O) groups is 1. The summed E-state index contributed by atoms with van der Waals surface area (Å²) >= 11 is 0. The van der Waals surface area contributed by atoms with Crippen molar-refractivity contribution in [1.82, 2.24) is 0 Å². The van der Waals surface area contributed by atoms with Crippen LogP contribution in [0.1, 0.15) is 75.1 Å². The zero-order valence-electron chi connectivity index (χ0n) is 16.2. The van der Waals surface area contributed by atoms with Gasteiger partial charge in [0, 0.05) is 13.7 Å². The predicted molar refractivity (Wildman–Crippen MR) is 101 cm³/mol. The maximum atomic E-state index is 14.1. The molecular weight excluding hydrogens is 335 g/mol. The molecule has 0 aliphatic carbocycles. The first-order valence-corrected chi connectivity index (χ1v) is 9.77. The second-order valence-electron chi connectivity index (χ2n) is 6.45. The van der Waals surface area contributed by atoms with Gasteiger partial charge in [-0.05, 0) is 43.9 Å². The van der Waals surface area contributed by atoms with Crippen LogP contribution in [0.4, 0.5) is 4.39 Å². The highest BCUT2D eigenvalue weighted by Crippen LogP contribution is 2.19. The highest BCUT2D eigenvalue weighted by atomic mass is 19.1. The molecule has 1 aromatic rings. The van der Waals surface area contributed by atoms with Crippen LogP contribution in [-0.4, -0.2) is 32.9 Å². The topological polar surface area (TPSA) is 44.8 Å². The normalized spacial score (nSPS) is 10.7. The van der Waals surface area contributed by atoms with E-state index in [1.54, 1.807) is 13.2 Å². The molecule has 0 atom stereocenters. The molecule has 26 heavy (non-hydrogen) atoms. The number of hydrogen-bond donors (Lipinski definition) is 0. The molecule has 0 spiro atoms. The number of rotatable bonds is 15. The van der Waals surface area contributed by atoms with Crippen LogP contribution < -0.4 is 4.74 Å². The summed E-state index contributed by atoms with van der Waals surface area (Å²) in [6.07, 6.45) is 9.44. The van der Waals surface area contributed by atoms with E-state index in [1.807, 2.05) is 0 Å². The quantitative estimate of drug-likeness (QED) is 0.301. The van der Waals surface area contributed by atoms with Gasteiger partial charge < -0.3 is 14.2 Å². The smallest absolute Gasteiger partial charge is 0.338 e. The van der Waals surface area contributed by atoms with E-state index in [2.05, 4.69) is 6.92 Å². The van der Waals surface area contributed by atoms with Crippen molar-refractivity contribution in [3.05, 3.63) is 29.6 Å². The highest BCUT2D eigenvalue weighted by molar-refractivity contribution is 5.89. The van der Waals surface area contributed by atoms with Crippen LogP contribution in [0.2, 0.25) is 0 Å². The Kier molecular flexibility index (Phi) is 12.5. The van der Waals surface area contributed by atoms with Gasteiger partial charge in [0.2, 0.25) is 0 Å². The van der Waals surface area contributed by atoms with Crippen LogP contribution in [0, 0.1) is 5.82 Å². The van der Waals surface area contributed by atoms with Crippen molar-refractivity contribution < 1.29 is 23.4 Å². The number of unbranched alkanes of at least 4 members (excludes halogenated alkanes) is 7. The lowest BCUT2D eigenvalue weighted by Crippen LogP contribution is -2.08. The van der Waals surface area contributed by atoms with Crippen molar-refractivity contribution >= 4 is 5.97 Å². The molecule has 0 saturated heterocycles. The van der Waals surface area contributed by atoms with Gasteiger partial charge in [0.1, 0.15) is 0 Å². The molecule has 0 unspecified atom stereocenters. The van der Waals surface area contributed by atoms with Gasteiger partial charge in [0.15, 0.2) is 11.6 Å². The second kappa shape index (κ2) is 14.5. The number of benzene rings is 1. The number of methoxy groups -OCH3 is 1. The monoisotopic (exact) mass is 368 g/mol. The molecule has 0 saturated carbocycles. The number of ether oxygens (including phenoxy) is 3. The zero-order chi connectivity index (χ0) is 19.0. The molecule has 1 rings (SSSR count). The van der Waals surface area contributed by atoms with Gasteiger partial charge in [0.25, 0.3) is 0 Å². The molecule has 0 aliphatic heterocycles. The zero-order valence-corrected chi connectivity index (χ0v) is 16.2. The van der Waals surface area contributed by atoms with Gasteiger partial charge in [-0.1, -0.05) is 39.0 Å². The first-order valence-electron chi connectivity index (χ1n) is 9.77.